The largest absolute Gasteiger partial charge is 0.481 e. The van der Waals surface area contributed by atoms with Crippen LogP contribution < -0.4 is 21.7 Å². The fraction of sp³-hybridized carbons (Fsp3) is 0.375. The smallest absolute Gasteiger partial charge is 0.335 e. The van der Waals surface area contributed by atoms with Gasteiger partial charge in [-0.2, -0.15) is 0 Å². The maximum atomic E-state index is 13.3. The van der Waals surface area contributed by atoms with Crippen LogP contribution in [0.3, 0.4) is 0 Å². The first-order chi connectivity index (χ1) is 16.7. The molecule has 2 aromatic heterocycles. The first-order valence-electron chi connectivity index (χ1n) is 11.3. The summed E-state index contributed by atoms with van der Waals surface area (Å²) in [5.74, 6) is -1.51. The molecule has 0 aliphatic heterocycles. The number of aromatic nitrogens is 4. The zero-order chi connectivity index (χ0) is 25.1. The SMILES string of the molecule is Cc1cc(/N=c2\[nH]c(=O)n(C[C@H](C)C(=O)O)c(=O)n2Cc2ccc(Cl)cc2)cnc1OC1CCC1. The van der Waals surface area contributed by atoms with Gasteiger partial charge >= 0.3 is 17.3 Å². The number of aliphatic carboxylic acids is 1. The van der Waals surface area contributed by atoms with Gasteiger partial charge in [0.05, 0.1) is 24.3 Å². The first kappa shape index (κ1) is 24.5. The third kappa shape index (κ3) is 5.71. The number of benzene rings is 1. The third-order valence-corrected chi connectivity index (χ3v) is 6.15. The van der Waals surface area contributed by atoms with Gasteiger partial charge in [-0.15, -0.1) is 0 Å². The second-order valence-electron chi connectivity index (χ2n) is 8.70. The van der Waals surface area contributed by atoms with Crippen LogP contribution in [0.15, 0.2) is 51.1 Å². The van der Waals surface area contributed by atoms with E-state index in [1.165, 1.54) is 17.7 Å². The Morgan fingerprint density at radius 3 is 2.60 bits per heavy atom. The maximum absolute atomic E-state index is 13.3. The molecular formula is C24H26ClN5O5. The Morgan fingerprint density at radius 1 is 1.29 bits per heavy atom. The molecule has 0 saturated heterocycles. The number of hydrogen-bond acceptors (Lipinski definition) is 6. The molecule has 0 bridgehead atoms. The number of carbonyl (C=O) groups is 1. The number of halogens is 1. The molecule has 1 atom stereocenters. The van der Waals surface area contributed by atoms with E-state index in [9.17, 15) is 19.5 Å². The number of pyridine rings is 1. The van der Waals surface area contributed by atoms with Crippen LogP contribution in [-0.4, -0.2) is 36.3 Å². The van der Waals surface area contributed by atoms with Crippen LogP contribution in [0.2, 0.25) is 5.02 Å². The van der Waals surface area contributed by atoms with Crippen molar-refractivity contribution in [3.8, 4) is 5.88 Å². The molecule has 1 aliphatic carbocycles. The number of hydrogen-bond donors (Lipinski definition) is 2. The van der Waals surface area contributed by atoms with Gasteiger partial charge in [-0.25, -0.2) is 24.1 Å². The van der Waals surface area contributed by atoms with E-state index in [1.54, 1.807) is 30.3 Å². The minimum absolute atomic E-state index is 0.0167. The minimum Gasteiger partial charge on any atom is -0.481 e. The first-order valence-corrected chi connectivity index (χ1v) is 11.7. The van der Waals surface area contributed by atoms with E-state index in [1.807, 2.05) is 6.92 Å². The molecule has 0 amide bonds. The highest BCUT2D eigenvalue weighted by Gasteiger charge is 2.21. The Labute approximate surface area is 205 Å². The average Bonchev–Trinajstić information content (AvgIpc) is 2.78. The predicted molar refractivity (Wildman–Crippen MR) is 129 cm³/mol. The summed E-state index contributed by atoms with van der Waals surface area (Å²) < 4.78 is 8.03. The van der Waals surface area contributed by atoms with Crippen molar-refractivity contribution in [2.45, 2.75) is 52.3 Å². The molecule has 2 N–H and O–H groups in total. The van der Waals surface area contributed by atoms with E-state index in [0.717, 1.165) is 35.0 Å². The van der Waals surface area contributed by atoms with Crippen LogP contribution in [0.1, 0.15) is 37.3 Å². The Morgan fingerprint density at radius 2 is 2.00 bits per heavy atom. The summed E-state index contributed by atoms with van der Waals surface area (Å²) in [4.78, 5) is 48.8. The van der Waals surface area contributed by atoms with Crippen molar-refractivity contribution >= 4 is 23.3 Å². The van der Waals surface area contributed by atoms with Crippen LogP contribution in [0.4, 0.5) is 5.69 Å². The molecule has 0 unspecified atom stereocenters. The van der Waals surface area contributed by atoms with E-state index >= 15 is 0 Å². The summed E-state index contributed by atoms with van der Waals surface area (Å²) in [7, 11) is 0. The number of nitrogens with one attached hydrogen (secondary N) is 1. The van der Waals surface area contributed by atoms with E-state index in [-0.39, 0.29) is 24.8 Å². The van der Waals surface area contributed by atoms with Gasteiger partial charge in [0.25, 0.3) is 0 Å². The van der Waals surface area contributed by atoms with E-state index in [0.29, 0.717) is 16.6 Å². The second-order valence-corrected chi connectivity index (χ2v) is 9.13. The second kappa shape index (κ2) is 10.3. The van der Waals surface area contributed by atoms with Crippen molar-refractivity contribution in [2.75, 3.05) is 0 Å². The molecule has 1 aliphatic rings. The zero-order valence-electron chi connectivity index (χ0n) is 19.4. The number of carboxylic acids is 1. The highest BCUT2D eigenvalue weighted by molar-refractivity contribution is 6.30. The Hall–Kier alpha value is -3.66. The maximum Gasteiger partial charge on any atom is 0.335 e. The number of nitrogens with zero attached hydrogens (tertiary/aromatic N) is 4. The van der Waals surface area contributed by atoms with Gasteiger partial charge in [-0.1, -0.05) is 30.7 Å². The summed E-state index contributed by atoms with van der Waals surface area (Å²) in [5.41, 5.74) is 0.557. The molecule has 1 aromatic carbocycles. The topological polar surface area (TPSA) is 132 Å². The fourth-order valence-corrected chi connectivity index (χ4v) is 3.70. The molecule has 3 aromatic rings. The van der Waals surface area contributed by atoms with Gasteiger partial charge < -0.3 is 9.84 Å². The van der Waals surface area contributed by atoms with E-state index < -0.39 is 23.3 Å². The summed E-state index contributed by atoms with van der Waals surface area (Å²) in [6.07, 6.45) is 4.87. The number of carboxylic acid groups (broad SMARTS) is 1. The van der Waals surface area contributed by atoms with Crippen LogP contribution in [0, 0.1) is 12.8 Å². The molecule has 2 heterocycles. The zero-order valence-corrected chi connectivity index (χ0v) is 20.2. The lowest BCUT2D eigenvalue weighted by Gasteiger charge is -2.26. The van der Waals surface area contributed by atoms with Gasteiger partial charge in [-0.05, 0) is 49.9 Å². The number of ether oxygens (including phenoxy) is 1. The van der Waals surface area contributed by atoms with Gasteiger partial charge in [-0.3, -0.25) is 14.3 Å². The highest BCUT2D eigenvalue weighted by Crippen LogP contribution is 2.27. The summed E-state index contributed by atoms with van der Waals surface area (Å²) >= 11 is 5.98. The molecular weight excluding hydrogens is 474 g/mol. The number of rotatable bonds is 8. The fourth-order valence-electron chi connectivity index (χ4n) is 3.57. The molecule has 10 nitrogen and oxygen atoms in total. The standard InChI is InChI=1S/C24H26ClN5O5/c1-14-10-18(11-26-20(14)35-19-4-3-5-19)27-22-28-23(33)30(12-15(2)21(31)32)24(34)29(22)13-16-6-8-17(25)9-7-16/h6-11,15,19H,3-5,12-13H2,1-2H3,(H,31,32)(H,27,28,33)/t15-/m0/s1. The van der Waals surface area contributed by atoms with Gasteiger partial charge in [0.15, 0.2) is 0 Å². The van der Waals surface area contributed by atoms with Crippen molar-refractivity contribution in [2.24, 2.45) is 10.9 Å². The average molecular weight is 500 g/mol. The third-order valence-electron chi connectivity index (χ3n) is 5.89. The minimum atomic E-state index is -1.11. The Balaban J connectivity index is 1.78. The molecule has 0 radical (unpaired) electrons. The predicted octanol–water partition coefficient (Wildman–Crippen LogP) is 2.63. The molecule has 35 heavy (non-hydrogen) atoms. The van der Waals surface area contributed by atoms with Crippen molar-refractivity contribution in [1.82, 2.24) is 19.1 Å². The molecule has 4 rings (SSSR count). The van der Waals surface area contributed by atoms with E-state index in [4.69, 9.17) is 16.3 Å². The lowest BCUT2D eigenvalue weighted by molar-refractivity contribution is -0.141. The summed E-state index contributed by atoms with van der Waals surface area (Å²) in [6, 6.07) is 8.67. The van der Waals surface area contributed by atoms with Crippen molar-refractivity contribution in [3.05, 3.63) is 79.3 Å². The molecule has 1 fully saturated rings. The molecule has 0 spiro atoms. The van der Waals surface area contributed by atoms with E-state index in [2.05, 4.69) is 15.0 Å². The monoisotopic (exact) mass is 499 g/mol. The van der Waals surface area contributed by atoms with Crippen LogP contribution in [0.5, 0.6) is 5.88 Å². The quantitative estimate of drug-likeness (QED) is 0.489. The Bertz CT molecular complexity index is 1420. The van der Waals surface area contributed by atoms with Gasteiger partial charge in [0.2, 0.25) is 11.5 Å². The van der Waals surface area contributed by atoms with Gasteiger partial charge in [0, 0.05) is 17.1 Å². The number of aryl methyl sites for hydroxylation is 1. The van der Waals surface area contributed by atoms with Crippen molar-refractivity contribution in [1.29, 1.82) is 0 Å². The number of H-pyrrole nitrogens is 1. The summed E-state index contributed by atoms with van der Waals surface area (Å²) in [6.45, 7) is 3.09. The van der Waals surface area contributed by atoms with Gasteiger partial charge in [0.1, 0.15) is 6.10 Å². The lowest BCUT2D eigenvalue weighted by Crippen LogP contribution is -2.51. The highest BCUT2D eigenvalue weighted by atomic mass is 35.5. The molecule has 1 saturated carbocycles. The normalized spacial score (nSPS) is 15.0. The molecule has 184 valence electrons. The van der Waals surface area contributed by atoms with Crippen LogP contribution in [-0.2, 0) is 17.9 Å². The van der Waals surface area contributed by atoms with Crippen LogP contribution >= 0.6 is 11.6 Å². The number of aromatic amines is 1. The van der Waals surface area contributed by atoms with Crippen molar-refractivity contribution in [3.63, 3.8) is 0 Å². The molecule has 11 heteroatoms. The Kier molecular flexibility index (Phi) is 7.20. The van der Waals surface area contributed by atoms with Crippen molar-refractivity contribution < 1.29 is 14.6 Å². The summed E-state index contributed by atoms with van der Waals surface area (Å²) in [5, 5.41) is 9.79. The lowest BCUT2D eigenvalue weighted by atomic mass is 9.96. The van der Waals surface area contributed by atoms with Crippen LogP contribution in [0.25, 0.3) is 0 Å².